The van der Waals surface area contributed by atoms with E-state index in [1.165, 1.54) is 16.0 Å². The third-order valence-corrected chi connectivity index (χ3v) is 3.80. The van der Waals surface area contributed by atoms with Crippen LogP contribution in [0, 0.1) is 6.92 Å². The standard InChI is InChI=1S/C16H26N4OS.HI/c1-5-17-15(21)11-20-16(18-6-2)19-10-13-8-7-12(3)9-14(13)22-4;/h7-9H,5-6,10-11H2,1-4H3,(H,17,21)(H2,18,19,20);1H. The minimum absolute atomic E-state index is 0. The zero-order valence-corrected chi connectivity index (χ0v) is 17.4. The van der Waals surface area contributed by atoms with Gasteiger partial charge in [0.1, 0.15) is 0 Å². The molecule has 5 nitrogen and oxygen atoms in total. The van der Waals surface area contributed by atoms with E-state index in [0.717, 1.165) is 6.54 Å². The number of aryl methyl sites for hydroxylation is 1. The SMILES string of the molecule is CCNC(=O)CNC(=NCc1ccc(C)cc1SC)NCC.I. The molecule has 0 aliphatic heterocycles. The van der Waals surface area contributed by atoms with E-state index >= 15 is 0 Å². The molecule has 1 amide bonds. The van der Waals surface area contributed by atoms with Crippen molar-refractivity contribution in [3.05, 3.63) is 29.3 Å². The molecule has 0 fully saturated rings. The van der Waals surface area contributed by atoms with Gasteiger partial charge in [-0.25, -0.2) is 4.99 Å². The predicted octanol–water partition coefficient (Wildman–Crippen LogP) is 2.53. The highest BCUT2D eigenvalue weighted by molar-refractivity contribution is 14.0. The maximum atomic E-state index is 11.5. The second-order valence-corrected chi connectivity index (χ2v) is 5.67. The Morgan fingerprint density at radius 2 is 1.87 bits per heavy atom. The monoisotopic (exact) mass is 450 g/mol. The first-order chi connectivity index (χ1) is 10.6. The molecule has 0 saturated carbocycles. The summed E-state index contributed by atoms with van der Waals surface area (Å²) >= 11 is 1.73. The van der Waals surface area contributed by atoms with Crippen molar-refractivity contribution in [2.75, 3.05) is 25.9 Å². The molecule has 0 spiro atoms. The van der Waals surface area contributed by atoms with Gasteiger partial charge in [-0.1, -0.05) is 12.1 Å². The molecule has 23 heavy (non-hydrogen) atoms. The van der Waals surface area contributed by atoms with Gasteiger partial charge in [-0.05, 0) is 44.2 Å². The van der Waals surface area contributed by atoms with Crippen molar-refractivity contribution < 1.29 is 4.79 Å². The number of nitrogens with one attached hydrogen (secondary N) is 3. The van der Waals surface area contributed by atoms with Gasteiger partial charge in [-0.3, -0.25) is 4.79 Å². The molecule has 1 aromatic carbocycles. The molecule has 0 bridgehead atoms. The lowest BCUT2D eigenvalue weighted by molar-refractivity contribution is -0.119. The van der Waals surface area contributed by atoms with Gasteiger partial charge in [0.25, 0.3) is 0 Å². The van der Waals surface area contributed by atoms with E-state index in [-0.39, 0.29) is 36.4 Å². The van der Waals surface area contributed by atoms with Gasteiger partial charge in [0.05, 0.1) is 13.1 Å². The van der Waals surface area contributed by atoms with E-state index in [4.69, 9.17) is 0 Å². The molecule has 1 rings (SSSR count). The number of likely N-dealkylation sites (N-methyl/N-ethyl adjacent to an activating group) is 1. The fourth-order valence-corrected chi connectivity index (χ4v) is 2.61. The van der Waals surface area contributed by atoms with Gasteiger partial charge in [0.15, 0.2) is 5.96 Å². The molecular formula is C16H27IN4OS. The average Bonchev–Trinajstić information content (AvgIpc) is 2.51. The fourth-order valence-electron chi connectivity index (χ4n) is 1.91. The Morgan fingerprint density at radius 3 is 2.48 bits per heavy atom. The van der Waals surface area contributed by atoms with E-state index in [9.17, 15) is 4.79 Å². The predicted molar refractivity (Wildman–Crippen MR) is 110 cm³/mol. The molecule has 0 unspecified atom stereocenters. The van der Waals surface area contributed by atoms with Crippen molar-refractivity contribution in [3.63, 3.8) is 0 Å². The van der Waals surface area contributed by atoms with Gasteiger partial charge in [-0.15, -0.1) is 35.7 Å². The average molecular weight is 450 g/mol. The Kier molecular flexibility index (Phi) is 11.9. The van der Waals surface area contributed by atoms with Crippen LogP contribution in [0.15, 0.2) is 28.1 Å². The quantitative estimate of drug-likeness (QED) is 0.259. The van der Waals surface area contributed by atoms with Gasteiger partial charge in [0, 0.05) is 18.0 Å². The van der Waals surface area contributed by atoms with Gasteiger partial charge in [0.2, 0.25) is 5.91 Å². The Bertz CT molecular complexity index is 523. The number of thioether (sulfide) groups is 1. The van der Waals surface area contributed by atoms with Crippen molar-refractivity contribution >= 4 is 47.6 Å². The number of nitrogens with zero attached hydrogens (tertiary/aromatic N) is 1. The summed E-state index contributed by atoms with van der Waals surface area (Å²) in [5.74, 6) is 0.620. The second kappa shape index (κ2) is 12.5. The molecule has 7 heteroatoms. The third kappa shape index (κ3) is 8.45. The Morgan fingerprint density at radius 1 is 1.17 bits per heavy atom. The molecule has 3 N–H and O–H groups in total. The smallest absolute Gasteiger partial charge is 0.239 e. The number of carbonyl (C=O) groups is 1. The summed E-state index contributed by atoms with van der Waals surface area (Å²) in [6.07, 6.45) is 2.07. The zero-order chi connectivity index (χ0) is 16.4. The number of halogens is 1. The molecule has 0 atom stereocenters. The first-order valence-electron chi connectivity index (χ1n) is 7.53. The summed E-state index contributed by atoms with van der Waals surface area (Å²) in [7, 11) is 0. The second-order valence-electron chi connectivity index (χ2n) is 4.82. The van der Waals surface area contributed by atoms with E-state index in [1.54, 1.807) is 11.8 Å². The highest BCUT2D eigenvalue weighted by atomic mass is 127. The highest BCUT2D eigenvalue weighted by Crippen LogP contribution is 2.22. The van der Waals surface area contributed by atoms with Crippen LogP contribution in [0.3, 0.4) is 0 Å². The summed E-state index contributed by atoms with van der Waals surface area (Å²) in [6.45, 7) is 8.19. The normalized spacial score (nSPS) is 10.7. The lowest BCUT2D eigenvalue weighted by Crippen LogP contribution is -2.43. The summed E-state index contributed by atoms with van der Waals surface area (Å²) in [5.41, 5.74) is 2.44. The molecule has 1 aromatic rings. The van der Waals surface area contributed by atoms with Crippen LogP contribution in [-0.2, 0) is 11.3 Å². The van der Waals surface area contributed by atoms with Crippen LogP contribution < -0.4 is 16.0 Å². The maximum Gasteiger partial charge on any atom is 0.239 e. The van der Waals surface area contributed by atoms with Gasteiger partial charge in [-0.2, -0.15) is 0 Å². The molecule has 0 saturated heterocycles. The van der Waals surface area contributed by atoms with Crippen LogP contribution in [0.25, 0.3) is 0 Å². The van der Waals surface area contributed by atoms with Gasteiger partial charge < -0.3 is 16.0 Å². The van der Waals surface area contributed by atoms with E-state index < -0.39 is 0 Å². The van der Waals surface area contributed by atoms with Gasteiger partial charge >= 0.3 is 0 Å². The highest BCUT2D eigenvalue weighted by Gasteiger charge is 2.04. The zero-order valence-electron chi connectivity index (χ0n) is 14.2. The van der Waals surface area contributed by atoms with Crippen LogP contribution >= 0.6 is 35.7 Å². The molecule has 0 aromatic heterocycles. The summed E-state index contributed by atoms with van der Waals surface area (Å²) in [5, 5.41) is 8.95. The molecule has 130 valence electrons. The minimum Gasteiger partial charge on any atom is -0.357 e. The van der Waals surface area contributed by atoms with Crippen molar-refractivity contribution in [1.82, 2.24) is 16.0 Å². The molecule has 0 aliphatic carbocycles. The maximum absolute atomic E-state index is 11.5. The number of hydrogen-bond donors (Lipinski definition) is 3. The van der Waals surface area contributed by atoms with Crippen molar-refractivity contribution in [1.29, 1.82) is 0 Å². The number of amides is 1. The molecule has 0 radical (unpaired) electrons. The fraction of sp³-hybridized carbons (Fsp3) is 0.500. The molecule has 0 heterocycles. The van der Waals surface area contributed by atoms with Crippen LogP contribution in [0.5, 0.6) is 0 Å². The summed E-state index contributed by atoms with van der Waals surface area (Å²) in [6, 6.07) is 6.38. The van der Waals surface area contributed by atoms with E-state index in [1.807, 2.05) is 13.8 Å². The summed E-state index contributed by atoms with van der Waals surface area (Å²) < 4.78 is 0. The number of guanidine groups is 1. The van der Waals surface area contributed by atoms with Crippen LogP contribution in [0.2, 0.25) is 0 Å². The van der Waals surface area contributed by atoms with Crippen LogP contribution in [0.4, 0.5) is 0 Å². The van der Waals surface area contributed by atoms with E-state index in [0.29, 0.717) is 19.0 Å². The number of aliphatic imine (C=N–C) groups is 1. The Balaban J connectivity index is 0.00000484. The molecule has 0 aliphatic rings. The van der Waals surface area contributed by atoms with Crippen LogP contribution in [0.1, 0.15) is 25.0 Å². The van der Waals surface area contributed by atoms with Crippen molar-refractivity contribution in [3.8, 4) is 0 Å². The first kappa shape index (κ1) is 22.0. The third-order valence-electron chi connectivity index (χ3n) is 2.98. The Labute approximate surface area is 160 Å². The first-order valence-corrected chi connectivity index (χ1v) is 8.75. The lowest BCUT2D eigenvalue weighted by atomic mass is 10.1. The molecular weight excluding hydrogens is 423 g/mol. The van der Waals surface area contributed by atoms with Crippen molar-refractivity contribution in [2.45, 2.75) is 32.2 Å². The Hall–Kier alpha value is -0.960. The van der Waals surface area contributed by atoms with Crippen molar-refractivity contribution in [2.24, 2.45) is 4.99 Å². The number of hydrogen-bond acceptors (Lipinski definition) is 3. The number of benzene rings is 1. The van der Waals surface area contributed by atoms with E-state index in [2.05, 4.69) is 52.3 Å². The lowest BCUT2D eigenvalue weighted by Gasteiger charge is -2.12. The number of rotatable bonds is 7. The number of carbonyl (C=O) groups excluding carboxylic acids is 1. The summed E-state index contributed by atoms with van der Waals surface area (Å²) in [4.78, 5) is 17.3. The topological polar surface area (TPSA) is 65.5 Å². The largest absolute Gasteiger partial charge is 0.357 e. The minimum atomic E-state index is -0.0340. The van der Waals surface area contributed by atoms with Crippen LogP contribution in [-0.4, -0.2) is 37.8 Å².